The summed E-state index contributed by atoms with van der Waals surface area (Å²) in [5.41, 5.74) is 0. The highest BCUT2D eigenvalue weighted by molar-refractivity contribution is 7.89. The average Bonchev–Trinajstić information content (AvgIpc) is 2.97. The minimum atomic E-state index is -3.66. The van der Waals surface area contributed by atoms with E-state index in [4.69, 9.17) is 11.6 Å². The van der Waals surface area contributed by atoms with Crippen molar-refractivity contribution < 1.29 is 13.2 Å². The van der Waals surface area contributed by atoms with E-state index in [0.29, 0.717) is 6.54 Å². The van der Waals surface area contributed by atoms with Gasteiger partial charge in [-0.15, -0.1) is 0 Å². The summed E-state index contributed by atoms with van der Waals surface area (Å²) in [7, 11) is -3.66. The monoisotopic (exact) mass is 344 g/mol. The number of carbonyl (C=O) groups excluding carboxylic acids is 1. The zero-order valence-corrected chi connectivity index (χ0v) is 14.2. The van der Waals surface area contributed by atoms with Gasteiger partial charge in [0.25, 0.3) is 0 Å². The van der Waals surface area contributed by atoms with Crippen LogP contribution < -0.4 is 4.72 Å². The van der Waals surface area contributed by atoms with Gasteiger partial charge in [-0.2, -0.15) is 0 Å². The van der Waals surface area contributed by atoms with Crippen molar-refractivity contribution in [3.8, 4) is 0 Å². The summed E-state index contributed by atoms with van der Waals surface area (Å²) in [6, 6.07) is 6.54. The fourth-order valence-electron chi connectivity index (χ4n) is 2.85. The second-order valence-corrected chi connectivity index (χ2v) is 7.62. The van der Waals surface area contributed by atoms with Gasteiger partial charge in [-0.3, -0.25) is 4.79 Å². The molecule has 1 N–H and O–H groups in total. The zero-order valence-electron chi connectivity index (χ0n) is 12.6. The van der Waals surface area contributed by atoms with Gasteiger partial charge in [0.05, 0.1) is 5.02 Å². The molecular formula is C15H21ClN2O3S. The van der Waals surface area contributed by atoms with Gasteiger partial charge in [0.15, 0.2) is 0 Å². The van der Waals surface area contributed by atoms with Gasteiger partial charge >= 0.3 is 0 Å². The Morgan fingerprint density at radius 2 is 1.95 bits per heavy atom. The Kier molecular flexibility index (Phi) is 5.83. The second kappa shape index (κ2) is 7.44. The third kappa shape index (κ3) is 4.21. The predicted molar refractivity (Wildman–Crippen MR) is 86.3 cm³/mol. The molecule has 1 aliphatic carbocycles. The van der Waals surface area contributed by atoms with E-state index in [0.717, 1.165) is 25.7 Å². The summed E-state index contributed by atoms with van der Waals surface area (Å²) in [5, 5.41) is 0.189. The smallest absolute Gasteiger partial charge is 0.242 e. The van der Waals surface area contributed by atoms with Crippen LogP contribution in [0.4, 0.5) is 0 Å². The SMILES string of the molecule is CC(=O)N(CCNS(=O)(=O)c1ccccc1Cl)C1CCCC1. The van der Waals surface area contributed by atoms with Crippen LogP contribution in [0.25, 0.3) is 0 Å². The molecule has 1 aromatic rings. The summed E-state index contributed by atoms with van der Waals surface area (Å²) in [5.74, 6) is -0.0103. The third-order valence-electron chi connectivity index (χ3n) is 3.94. The lowest BCUT2D eigenvalue weighted by Gasteiger charge is -2.27. The van der Waals surface area contributed by atoms with Gasteiger partial charge < -0.3 is 4.90 Å². The zero-order chi connectivity index (χ0) is 16.2. The van der Waals surface area contributed by atoms with Crippen molar-refractivity contribution >= 4 is 27.5 Å². The molecule has 0 radical (unpaired) electrons. The Morgan fingerprint density at radius 1 is 1.32 bits per heavy atom. The fraction of sp³-hybridized carbons (Fsp3) is 0.533. The number of benzene rings is 1. The molecule has 22 heavy (non-hydrogen) atoms. The Balaban J connectivity index is 1.97. The molecule has 2 rings (SSSR count). The van der Waals surface area contributed by atoms with Crippen molar-refractivity contribution in [1.29, 1.82) is 0 Å². The van der Waals surface area contributed by atoms with Gasteiger partial charge in [0.1, 0.15) is 4.90 Å². The highest BCUT2D eigenvalue weighted by Gasteiger charge is 2.25. The predicted octanol–water partition coefficient (Wildman–Crippen LogP) is 2.41. The van der Waals surface area contributed by atoms with E-state index < -0.39 is 10.0 Å². The number of nitrogens with zero attached hydrogens (tertiary/aromatic N) is 1. The summed E-state index contributed by atoms with van der Waals surface area (Å²) in [6.45, 7) is 2.09. The maximum atomic E-state index is 12.2. The number of nitrogens with one attached hydrogen (secondary N) is 1. The van der Waals surface area contributed by atoms with Crippen LogP contribution in [0.5, 0.6) is 0 Å². The maximum absolute atomic E-state index is 12.2. The number of hydrogen-bond donors (Lipinski definition) is 1. The highest BCUT2D eigenvalue weighted by Crippen LogP contribution is 2.23. The second-order valence-electron chi connectivity index (χ2n) is 5.48. The first kappa shape index (κ1) is 17.2. The van der Waals surface area contributed by atoms with E-state index in [1.807, 2.05) is 0 Å². The minimum absolute atomic E-state index is 0.0103. The van der Waals surface area contributed by atoms with E-state index in [1.54, 1.807) is 17.0 Å². The van der Waals surface area contributed by atoms with Crippen LogP contribution in [0.2, 0.25) is 5.02 Å². The van der Waals surface area contributed by atoms with Crippen LogP contribution in [0, 0.1) is 0 Å². The van der Waals surface area contributed by atoms with E-state index in [2.05, 4.69) is 4.72 Å². The van der Waals surface area contributed by atoms with Gasteiger partial charge in [-0.25, -0.2) is 13.1 Å². The lowest BCUT2D eigenvalue weighted by Crippen LogP contribution is -2.42. The molecule has 0 aliphatic heterocycles. The first-order valence-corrected chi connectivity index (χ1v) is 9.29. The van der Waals surface area contributed by atoms with E-state index in [-0.39, 0.29) is 28.4 Å². The molecule has 0 aromatic heterocycles. The molecule has 7 heteroatoms. The van der Waals surface area contributed by atoms with Gasteiger partial charge in [0, 0.05) is 26.1 Å². The minimum Gasteiger partial charge on any atom is -0.339 e. The van der Waals surface area contributed by atoms with E-state index >= 15 is 0 Å². The normalized spacial score (nSPS) is 15.9. The van der Waals surface area contributed by atoms with Gasteiger partial charge in [-0.05, 0) is 25.0 Å². The molecule has 5 nitrogen and oxygen atoms in total. The first-order chi connectivity index (χ1) is 10.4. The fourth-order valence-corrected chi connectivity index (χ4v) is 4.39. The molecule has 0 unspecified atom stereocenters. The number of carbonyl (C=O) groups is 1. The molecular weight excluding hydrogens is 324 g/mol. The average molecular weight is 345 g/mol. The van der Waals surface area contributed by atoms with Gasteiger partial charge in [-0.1, -0.05) is 36.6 Å². The molecule has 1 aromatic carbocycles. The molecule has 122 valence electrons. The van der Waals surface area contributed by atoms with Crippen molar-refractivity contribution in [1.82, 2.24) is 9.62 Å². The van der Waals surface area contributed by atoms with Crippen molar-refractivity contribution in [3.63, 3.8) is 0 Å². The lowest BCUT2D eigenvalue weighted by atomic mass is 10.2. The summed E-state index contributed by atoms with van der Waals surface area (Å²) >= 11 is 5.92. The van der Waals surface area contributed by atoms with Crippen LogP contribution in [0.1, 0.15) is 32.6 Å². The van der Waals surface area contributed by atoms with Crippen LogP contribution in [-0.2, 0) is 14.8 Å². The standard InChI is InChI=1S/C15H21ClN2O3S/c1-12(19)18(13-6-2-3-7-13)11-10-17-22(20,21)15-9-5-4-8-14(15)16/h4-5,8-9,13,17H,2-3,6-7,10-11H2,1H3. The number of hydrogen-bond acceptors (Lipinski definition) is 3. The number of rotatable bonds is 6. The lowest BCUT2D eigenvalue weighted by molar-refractivity contribution is -0.130. The van der Waals surface area contributed by atoms with Crippen LogP contribution in [0.3, 0.4) is 0 Å². The Morgan fingerprint density at radius 3 is 2.55 bits per heavy atom. The van der Waals surface area contributed by atoms with Gasteiger partial charge in [0.2, 0.25) is 15.9 Å². The van der Waals surface area contributed by atoms with Crippen LogP contribution in [0.15, 0.2) is 29.2 Å². The Hall–Kier alpha value is -1.11. The highest BCUT2D eigenvalue weighted by atomic mass is 35.5. The topological polar surface area (TPSA) is 66.5 Å². The van der Waals surface area contributed by atoms with Crippen LogP contribution in [-0.4, -0.2) is 38.4 Å². The molecule has 1 aliphatic rings. The maximum Gasteiger partial charge on any atom is 0.242 e. The molecule has 0 heterocycles. The summed E-state index contributed by atoms with van der Waals surface area (Å²) < 4.78 is 27.0. The van der Waals surface area contributed by atoms with E-state index in [9.17, 15) is 13.2 Å². The van der Waals surface area contributed by atoms with Crippen molar-refractivity contribution in [2.24, 2.45) is 0 Å². The summed E-state index contributed by atoms with van der Waals surface area (Å²) in [6.07, 6.45) is 4.24. The molecule has 0 bridgehead atoms. The van der Waals surface area contributed by atoms with E-state index in [1.165, 1.54) is 19.1 Å². The summed E-state index contributed by atoms with van der Waals surface area (Å²) in [4.78, 5) is 13.6. The molecule has 1 fully saturated rings. The number of halogens is 1. The van der Waals surface area contributed by atoms with Crippen molar-refractivity contribution in [3.05, 3.63) is 29.3 Å². The molecule has 0 atom stereocenters. The Bertz CT molecular complexity index is 627. The molecule has 0 saturated heterocycles. The molecule has 0 spiro atoms. The number of amides is 1. The first-order valence-electron chi connectivity index (χ1n) is 7.43. The van der Waals surface area contributed by atoms with Crippen molar-refractivity contribution in [2.45, 2.75) is 43.5 Å². The van der Waals surface area contributed by atoms with Crippen LogP contribution >= 0.6 is 11.6 Å². The van der Waals surface area contributed by atoms with Crippen molar-refractivity contribution in [2.75, 3.05) is 13.1 Å². The molecule has 1 amide bonds. The molecule has 1 saturated carbocycles. The number of sulfonamides is 1. The largest absolute Gasteiger partial charge is 0.339 e. The quantitative estimate of drug-likeness (QED) is 0.861. The third-order valence-corrected chi connectivity index (χ3v) is 5.90. The Labute approximate surface area is 136 Å².